The molecule has 1 aliphatic heterocycles. The fourth-order valence-electron chi connectivity index (χ4n) is 2.34. The summed E-state index contributed by atoms with van der Waals surface area (Å²) in [5, 5.41) is 2.73. The number of hydrogen-bond acceptors (Lipinski definition) is 5. The SMILES string of the molecule is COc1ncc(F)cc1C=C(CNC(C)=O)B1OC(C)(C)C(C)(C)O1. The lowest BCUT2D eigenvalue weighted by Gasteiger charge is -2.32. The molecule has 1 amide bonds. The molecule has 1 aromatic rings. The second-order valence-electron chi connectivity index (χ2n) is 6.97. The van der Waals surface area contributed by atoms with E-state index in [-0.39, 0.29) is 18.3 Å². The van der Waals surface area contributed by atoms with Crippen LogP contribution < -0.4 is 10.1 Å². The number of nitrogens with one attached hydrogen (secondary N) is 1. The number of hydrogen-bond donors (Lipinski definition) is 1. The fraction of sp³-hybridized carbons (Fsp3) is 0.529. The van der Waals surface area contributed by atoms with Crippen molar-refractivity contribution in [3.05, 3.63) is 29.1 Å². The number of halogens is 1. The highest BCUT2D eigenvalue weighted by molar-refractivity contribution is 6.56. The number of carbonyl (C=O) groups excluding carboxylic acids is 1. The minimum absolute atomic E-state index is 0.188. The number of ether oxygens (including phenoxy) is 1. The molecule has 0 aliphatic carbocycles. The molecule has 2 rings (SSSR count). The molecule has 1 saturated heterocycles. The molecule has 0 aromatic carbocycles. The maximum absolute atomic E-state index is 13.6. The average molecular weight is 350 g/mol. The van der Waals surface area contributed by atoms with Crippen LogP contribution in [0.4, 0.5) is 4.39 Å². The largest absolute Gasteiger partial charge is 0.492 e. The molecule has 0 atom stereocenters. The molecule has 136 valence electrons. The minimum atomic E-state index is -0.676. The van der Waals surface area contributed by atoms with Crippen molar-refractivity contribution in [3.8, 4) is 5.88 Å². The summed E-state index contributed by atoms with van der Waals surface area (Å²) in [5.74, 6) is -0.398. The maximum atomic E-state index is 13.6. The van der Waals surface area contributed by atoms with Gasteiger partial charge in [0, 0.05) is 19.0 Å². The lowest BCUT2D eigenvalue weighted by atomic mass is 9.77. The Morgan fingerprint density at radius 1 is 1.36 bits per heavy atom. The van der Waals surface area contributed by atoms with Crippen molar-refractivity contribution in [1.82, 2.24) is 10.3 Å². The van der Waals surface area contributed by atoms with Crippen molar-refractivity contribution < 1.29 is 23.2 Å². The van der Waals surface area contributed by atoms with E-state index in [0.717, 1.165) is 6.20 Å². The van der Waals surface area contributed by atoms with Gasteiger partial charge in [0.1, 0.15) is 5.82 Å². The zero-order valence-electron chi connectivity index (χ0n) is 15.5. The highest BCUT2D eigenvalue weighted by Gasteiger charge is 2.52. The van der Waals surface area contributed by atoms with E-state index in [1.54, 1.807) is 6.08 Å². The predicted octanol–water partition coefficient (Wildman–Crippen LogP) is 2.38. The Hall–Kier alpha value is -1.93. The van der Waals surface area contributed by atoms with Gasteiger partial charge in [0.15, 0.2) is 0 Å². The normalized spacial score (nSPS) is 19.0. The van der Waals surface area contributed by atoms with Crippen molar-refractivity contribution in [3.63, 3.8) is 0 Å². The highest BCUT2D eigenvalue weighted by atomic mass is 19.1. The van der Waals surface area contributed by atoms with Crippen LogP contribution >= 0.6 is 0 Å². The summed E-state index contributed by atoms with van der Waals surface area (Å²) in [7, 11) is 0.782. The smallest absolute Gasteiger partial charge is 0.481 e. The van der Waals surface area contributed by atoms with Crippen LogP contribution in [-0.2, 0) is 14.1 Å². The lowest BCUT2D eigenvalue weighted by Crippen LogP contribution is -2.41. The van der Waals surface area contributed by atoms with Crippen LogP contribution in [-0.4, -0.2) is 42.9 Å². The minimum Gasteiger partial charge on any atom is -0.481 e. The van der Waals surface area contributed by atoms with Gasteiger partial charge in [-0.3, -0.25) is 4.79 Å². The second-order valence-corrected chi connectivity index (χ2v) is 6.97. The molecule has 1 fully saturated rings. The third kappa shape index (κ3) is 4.38. The molecular weight excluding hydrogens is 326 g/mol. The monoisotopic (exact) mass is 350 g/mol. The Labute approximate surface area is 147 Å². The summed E-state index contributed by atoms with van der Waals surface area (Å²) in [6, 6.07) is 1.31. The van der Waals surface area contributed by atoms with Gasteiger partial charge in [0.05, 0.1) is 24.5 Å². The van der Waals surface area contributed by atoms with E-state index in [1.165, 1.54) is 20.1 Å². The molecule has 0 saturated carbocycles. The predicted molar refractivity (Wildman–Crippen MR) is 93.5 cm³/mol. The van der Waals surface area contributed by atoms with E-state index < -0.39 is 24.1 Å². The van der Waals surface area contributed by atoms with E-state index in [1.807, 2.05) is 27.7 Å². The van der Waals surface area contributed by atoms with Gasteiger partial charge in [-0.2, -0.15) is 0 Å². The van der Waals surface area contributed by atoms with E-state index in [0.29, 0.717) is 11.0 Å². The van der Waals surface area contributed by atoms with E-state index in [4.69, 9.17) is 14.0 Å². The lowest BCUT2D eigenvalue weighted by molar-refractivity contribution is -0.118. The van der Waals surface area contributed by atoms with Gasteiger partial charge in [-0.25, -0.2) is 9.37 Å². The molecule has 6 nitrogen and oxygen atoms in total. The third-order valence-electron chi connectivity index (χ3n) is 4.48. The number of nitrogens with zero attached hydrogens (tertiary/aromatic N) is 1. The molecular formula is C17H24BFN2O4. The standard InChI is InChI=1S/C17H24BFN2O4/c1-11(22)20-9-13(18-24-16(2,3)17(4,5)25-18)7-12-8-14(19)10-21-15(12)23-6/h7-8,10H,9H2,1-6H3,(H,20,22). The number of rotatable bonds is 5. The summed E-state index contributed by atoms with van der Waals surface area (Å²) in [6.07, 6.45) is 2.76. The van der Waals surface area contributed by atoms with Crippen LogP contribution in [0.25, 0.3) is 6.08 Å². The molecule has 2 heterocycles. The quantitative estimate of drug-likeness (QED) is 0.826. The van der Waals surface area contributed by atoms with E-state index >= 15 is 0 Å². The Morgan fingerprint density at radius 2 is 1.96 bits per heavy atom. The number of carbonyl (C=O) groups is 1. The maximum Gasteiger partial charge on any atom is 0.492 e. The highest BCUT2D eigenvalue weighted by Crippen LogP contribution is 2.39. The van der Waals surface area contributed by atoms with Gasteiger partial charge in [-0.1, -0.05) is 6.08 Å². The molecule has 8 heteroatoms. The molecule has 1 aromatic heterocycles. The second kappa shape index (κ2) is 7.13. The van der Waals surface area contributed by atoms with Gasteiger partial charge >= 0.3 is 7.12 Å². The Bertz CT molecular complexity index is 675. The van der Waals surface area contributed by atoms with Crippen LogP contribution in [0.2, 0.25) is 0 Å². The first-order valence-electron chi connectivity index (χ1n) is 8.06. The molecule has 0 radical (unpaired) electrons. The number of amides is 1. The van der Waals surface area contributed by atoms with E-state index in [9.17, 15) is 9.18 Å². The van der Waals surface area contributed by atoms with Gasteiger partial charge in [0.2, 0.25) is 11.8 Å². The summed E-state index contributed by atoms with van der Waals surface area (Å²) < 4.78 is 30.8. The summed E-state index contributed by atoms with van der Waals surface area (Å²) in [5.41, 5.74) is 0.0197. The van der Waals surface area contributed by atoms with Crippen molar-refractivity contribution in [2.24, 2.45) is 0 Å². The molecule has 0 spiro atoms. The number of pyridine rings is 1. The van der Waals surface area contributed by atoms with Crippen LogP contribution in [0.15, 0.2) is 17.7 Å². The van der Waals surface area contributed by atoms with Crippen LogP contribution in [0.3, 0.4) is 0 Å². The summed E-state index contributed by atoms with van der Waals surface area (Å²) in [4.78, 5) is 15.2. The van der Waals surface area contributed by atoms with Gasteiger partial charge < -0.3 is 19.4 Å². The number of methoxy groups -OCH3 is 1. The van der Waals surface area contributed by atoms with Crippen molar-refractivity contribution >= 4 is 19.1 Å². The molecule has 1 N–H and O–H groups in total. The van der Waals surface area contributed by atoms with Crippen LogP contribution in [0.5, 0.6) is 5.88 Å². The Morgan fingerprint density at radius 3 is 2.48 bits per heavy atom. The van der Waals surface area contributed by atoms with Crippen molar-refractivity contribution in [2.75, 3.05) is 13.7 Å². The zero-order valence-corrected chi connectivity index (χ0v) is 15.5. The van der Waals surface area contributed by atoms with Gasteiger partial charge in [0.25, 0.3) is 0 Å². The van der Waals surface area contributed by atoms with Crippen LogP contribution in [0.1, 0.15) is 40.2 Å². The molecule has 0 unspecified atom stereocenters. The zero-order chi connectivity index (χ0) is 18.8. The molecule has 1 aliphatic rings. The topological polar surface area (TPSA) is 69.7 Å². The molecule has 25 heavy (non-hydrogen) atoms. The molecule has 0 bridgehead atoms. The van der Waals surface area contributed by atoms with Gasteiger partial charge in [-0.05, 0) is 39.2 Å². The average Bonchev–Trinajstić information content (AvgIpc) is 2.71. The summed E-state index contributed by atoms with van der Waals surface area (Å²) >= 11 is 0. The van der Waals surface area contributed by atoms with E-state index in [2.05, 4.69) is 10.3 Å². The number of aromatic nitrogens is 1. The Kier molecular flexibility index (Phi) is 5.54. The third-order valence-corrected chi connectivity index (χ3v) is 4.48. The summed E-state index contributed by atoms with van der Waals surface area (Å²) in [6.45, 7) is 9.37. The fourth-order valence-corrected chi connectivity index (χ4v) is 2.34. The van der Waals surface area contributed by atoms with Gasteiger partial charge in [-0.15, -0.1) is 0 Å². The Balaban J connectivity index is 2.40. The first-order chi connectivity index (χ1) is 11.6. The first kappa shape index (κ1) is 19.4. The van der Waals surface area contributed by atoms with Crippen molar-refractivity contribution in [2.45, 2.75) is 45.8 Å². The van der Waals surface area contributed by atoms with Crippen LogP contribution in [0, 0.1) is 5.82 Å². The van der Waals surface area contributed by atoms with Crippen molar-refractivity contribution in [1.29, 1.82) is 0 Å². The first-order valence-corrected chi connectivity index (χ1v) is 8.06.